The van der Waals surface area contributed by atoms with E-state index < -0.39 is 9.84 Å². The summed E-state index contributed by atoms with van der Waals surface area (Å²) in [5, 5.41) is 6.52. The molecule has 0 spiro atoms. The second-order valence-corrected chi connectivity index (χ2v) is 8.44. The van der Waals surface area contributed by atoms with Gasteiger partial charge in [0.1, 0.15) is 12.4 Å². The Kier molecular flexibility index (Phi) is 5.74. The van der Waals surface area contributed by atoms with Crippen molar-refractivity contribution < 1.29 is 22.5 Å². The van der Waals surface area contributed by atoms with Gasteiger partial charge in [0.2, 0.25) is 0 Å². The summed E-state index contributed by atoms with van der Waals surface area (Å²) in [5.41, 5.74) is 1.72. The van der Waals surface area contributed by atoms with Crippen LogP contribution in [0.25, 0.3) is 11.5 Å². The van der Waals surface area contributed by atoms with E-state index in [9.17, 15) is 13.2 Å². The molecule has 0 bridgehead atoms. The number of sulfone groups is 1. The van der Waals surface area contributed by atoms with E-state index in [4.69, 9.17) is 9.26 Å². The first-order valence-electron chi connectivity index (χ1n) is 8.43. The quantitative estimate of drug-likeness (QED) is 0.648. The van der Waals surface area contributed by atoms with Gasteiger partial charge in [-0.1, -0.05) is 11.2 Å². The van der Waals surface area contributed by atoms with E-state index >= 15 is 0 Å². The van der Waals surface area contributed by atoms with E-state index in [1.807, 2.05) is 0 Å². The van der Waals surface area contributed by atoms with Crippen molar-refractivity contribution in [3.8, 4) is 17.2 Å². The number of amides is 1. The van der Waals surface area contributed by atoms with Crippen LogP contribution in [0.5, 0.6) is 5.75 Å². The third kappa shape index (κ3) is 5.40. The fourth-order valence-corrected chi connectivity index (χ4v) is 2.74. The topological polar surface area (TPSA) is 111 Å². The Hall–Kier alpha value is -3.20. The molecular weight excluding hydrogens is 382 g/mol. The standard InChI is InChI=1S/C19H19N3O5S/c1-13-20-19(27-22-13)15-8-6-14(7-9-15)18(23)21-16-4-3-5-17(12-16)26-10-11-28(2,24)25/h3-9,12H,10-11H2,1-2H3,(H,21,23). The number of anilines is 1. The molecule has 1 amide bonds. The van der Waals surface area contributed by atoms with Crippen LogP contribution in [0.4, 0.5) is 5.69 Å². The first-order chi connectivity index (χ1) is 13.3. The zero-order valence-electron chi connectivity index (χ0n) is 15.4. The van der Waals surface area contributed by atoms with E-state index in [-0.39, 0.29) is 18.3 Å². The molecule has 1 N–H and O–H groups in total. The Morgan fingerprint density at radius 1 is 1.18 bits per heavy atom. The van der Waals surface area contributed by atoms with Gasteiger partial charge < -0.3 is 14.6 Å². The van der Waals surface area contributed by atoms with E-state index in [1.165, 1.54) is 0 Å². The smallest absolute Gasteiger partial charge is 0.257 e. The van der Waals surface area contributed by atoms with Crippen LogP contribution in [-0.2, 0) is 9.84 Å². The van der Waals surface area contributed by atoms with Gasteiger partial charge in [-0.15, -0.1) is 0 Å². The third-order valence-electron chi connectivity index (χ3n) is 3.74. The average molecular weight is 401 g/mol. The van der Waals surface area contributed by atoms with Gasteiger partial charge in [-0.3, -0.25) is 4.79 Å². The van der Waals surface area contributed by atoms with Gasteiger partial charge in [0, 0.05) is 29.1 Å². The molecule has 1 heterocycles. The molecule has 8 nitrogen and oxygen atoms in total. The van der Waals surface area contributed by atoms with Crippen LogP contribution in [-0.4, -0.2) is 43.1 Å². The van der Waals surface area contributed by atoms with Gasteiger partial charge in [-0.05, 0) is 43.3 Å². The highest BCUT2D eigenvalue weighted by Gasteiger charge is 2.10. The number of carbonyl (C=O) groups excluding carboxylic acids is 1. The number of rotatable bonds is 7. The zero-order chi connectivity index (χ0) is 20.1. The van der Waals surface area contributed by atoms with Crippen LogP contribution in [0.15, 0.2) is 53.1 Å². The molecule has 0 radical (unpaired) electrons. The maximum absolute atomic E-state index is 12.4. The summed E-state index contributed by atoms with van der Waals surface area (Å²) in [6.07, 6.45) is 1.15. The molecule has 0 aliphatic carbocycles. The molecule has 0 aliphatic rings. The number of aryl methyl sites for hydroxylation is 1. The lowest BCUT2D eigenvalue weighted by Crippen LogP contribution is -2.13. The summed E-state index contributed by atoms with van der Waals surface area (Å²) in [6, 6.07) is 13.5. The fraction of sp³-hybridized carbons (Fsp3) is 0.211. The van der Waals surface area contributed by atoms with E-state index in [1.54, 1.807) is 55.5 Å². The summed E-state index contributed by atoms with van der Waals surface area (Å²) >= 11 is 0. The number of ether oxygens (including phenoxy) is 1. The largest absolute Gasteiger partial charge is 0.492 e. The van der Waals surface area contributed by atoms with Crippen molar-refractivity contribution in [3.05, 3.63) is 59.9 Å². The fourth-order valence-electron chi connectivity index (χ4n) is 2.36. The highest BCUT2D eigenvalue weighted by atomic mass is 32.2. The number of benzene rings is 2. The maximum atomic E-state index is 12.4. The lowest BCUT2D eigenvalue weighted by Gasteiger charge is -2.09. The Morgan fingerprint density at radius 3 is 2.57 bits per heavy atom. The molecule has 3 aromatic rings. The first kappa shape index (κ1) is 19.6. The molecule has 0 aliphatic heterocycles. The maximum Gasteiger partial charge on any atom is 0.257 e. The minimum atomic E-state index is -3.09. The van der Waals surface area contributed by atoms with Crippen LogP contribution < -0.4 is 10.1 Å². The number of hydrogen-bond donors (Lipinski definition) is 1. The highest BCUT2D eigenvalue weighted by molar-refractivity contribution is 7.90. The predicted molar refractivity (Wildman–Crippen MR) is 104 cm³/mol. The minimum Gasteiger partial charge on any atom is -0.492 e. The number of aromatic nitrogens is 2. The molecule has 1 aromatic heterocycles. The molecule has 3 rings (SSSR count). The molecule has 0 saturated carbocycles. The van der Waals surface area contributed by atoms with Crippen molar-refractivity contribution in [2.45, 2.75) is 6.92 Å². The number of nitrogens with zero attached hydrogens (tertiary/aromatic N) is 2. The minimum absolute atomic E-state index is 0.0485. The molecule has 28 heavy (non-hydrogen) atoms. The van der Waals surface area contributed by atoms with Crippen LogP contribution in [0.1, 0.15) is 16.2 Å². The summed E-state index contributed by atoms with van der Waals surface area (Å²) in [5.74, 6) is 1.04. The normalized spacial score (nSPS) is 11.2. The van der Waals surface area contributed by atoms with Crippen molar-refractivity contribution in [2.75, 3.05) is 23.9 Å². The molecule has 0 fully saturated rings. The van der Waals surface area contributed by atoms with Crippen molar-refractivity contribution in [3.63, 3.8) is 0 Å². The molecule has 0 unspecified atom stereocenters. The number of carbonyl (C=O) groups is 1. The summed E-state index contributed by atoms with van der Waals surface area (Å²) in [4.78, 5) is 16.6. The van der Waals surface area contributed by atoms with Gasteiger partial charge in [0.25, 0.3) is 11.8 Å². The highest BCUT2D eigenvalue weighted by Crippen LogP contribution is 2.20. The van der Waals surface area contributed by atoms with Crippen molar-refractivity contribution >= 4 is 21.4 Å². The Bertz CT molecular complexity index is 1070. The second-order valence-electron chi connectivity index (χ2n) is 6.18. The SMILES string of the molecule is Cc1noc(-c2ccc(C(=O)Nc3cccc(OCCS(C)(=O)=O)c3)cc2)n1. The molecule has 0 saturated heterocycles. The predicted octanol–water partition coefficient (Wildman–Crippen LogP) is 2.72. The monoisotopic (exact) mass is 401 g/mol. The van der Waals surface area contributed by atoms with Crippen LogP contribution in [0.3, 0.4) is 0 Å². The van der Waals surface area contributed by atoms with Gasteiger partial charge in [0.15, 0.2) is 15.7 Å². The lowest BCUT2D eigenvalue weighted by molar-refractivity contribution is 0.102. The Balaban J connectivity index is 1.63. The van der Waals surface area contributed by atoms with Crippen LogP contribution in [0, 0.1) is 6.92 Å². The third-order valence-corrected chi connectivity index (χ3v) is 4.64. The van der Waals surface area contributed by atoms with Crippen LogP contribution >= 0.6 is 0 Å². The van der Waals surface area contributed by atoms with E-state index in [0.29, 0.717) is 28.7 Å². The lowest BCUT2D eigenvalue weighted by atomic mass is 10.1. The molecular formula is C19H19N3O5S. The van der Waals surface area contributed by atoms with Crippen molar-refractivity contribution in [1.29, 1.82) is 0 Å². The second kappa shape index (κ2) is 8.22. The average Bonchev–Trinajstić information content (AvgIpc) is 3.07. The Morgan fingerprint density at radius 2 is 1.93 bits per heavy atom. The van der Waals surface area contributed by atoms with Gasteiger partial charge in [-0.2, -0.15) is 4.98 Å². The molecule has 0 atom stereocenters. The summed E-state index contributed by atoms with van der Waals surface area (Å²) in [7, 11) is -3.09. The summed E-state index contributed by atoms with van der Waals surface area (Å²) in [6.45, 7) is 1.78. The van der Waals surface area contributed by atoms with E-state index in [0.717, 1.165) is 11.8 Å². The summed E-state index contributed by atoms with van der Waals surface area (Å²) < 4.78 is 32.8. The number of nitrogens with one attached hydrogen (secondary N) is 1. The first-order valence-corrected chi connectivity index (χ1v) is 10.5. The van der Waals surface area contributed by atoms with Gasteiger partial charge in [0.05, 0.1) is 5.75 Å². The van der Waals surface area contributed by atoms with Crippen LogP contribution in [0.2, 0.25) is 0 Å². The number of hydrogen-bond acceptors (Lipinski definition) is 7. The Labute approximate surface area is 162 Å². The van der Waals surface area contributed by atoms with Crippen molar-refractivity contribution in [2.24, 2.45) is 0 Å². The molecule has 146 valence electrons. The van der Waals surface area contributed by atoms with Gasteiger partial charge >= 0.3 is 0 Å². The van der Waals surface area contributed by atoms with Gasteiger partial charge in [-0.25, -0.2) is 8.42 Å². The molecule has 9 heteroatoms. The van der Waals surface area contributed by atoms with E-state index in [2.05, 4.69) is 15.5 Å². The zero-order valence-corrected chi connectivity index (χ0v) is 16.2. The molecule has 2 aromatic carbocycles. The van der Waals surface area contributed by atoms with Crippen molar-refractivity contribution in [1.82, 2.24) is 10.1 Å².